The Balaban J connectivity index is 2.93. The highest BCUT2D eigenvalue weighted by Crippen LogP contribution is 2.27. The van der Waals surface area contributed by atoms with Gasteiger partial charge < -0.3 is 4.74 Å². The SMILES string of the molecule is CC(C)c1cccc(F)c1NC(=O)OC(C)(C)C. The molecular weight excluding hydrogens is 233 g/mol. The zero-order valence-corrected chi connectivity index (χ0v) is 11.5. The van der Waals surface area contributed by atoms with Gasteiger partial charge in [0, 0.05) is 0 Å². The molecule has 1 rings (SSSR count). The van der Waals surface area contributed by atoms with E-state index in [0.717, 1.165) is 5.56 Å². The van der Waals surface area contributed by atoms with Crippen molar-refractivity contribution < 1.29 is 13.9 Å². The number of hydrogen-bond acceptors (Lipinski definition) is 2. The second kappa shape index (κ2) is 5.38. The van der Waals surface area contributed by atoms with E-state index in [-0.39, 0.29) is 11.6 Å². The van der Waals surface area contributed by atoms with Crippen LogP contribution in [0.4, 0.5) is 14.9 Å². The van der Waals surface area contributed by atoms with Crippen molar-refractivity contribution in [3.63, 3.8) is 0 Å². The Morgan fingerprint density at radius 1 is 1.33 bits per heavy atom. The molecule has 1 aromatic carbocycles. The van der Waals surface area contributed by atoms with Crippen LogP contribution in [-0.2, 0) is 4.74 Å². The van der Waals surface area contributed by atoms with E-state index in [2.05, 4.69) is 5.32 Å². The standard InChI is InChI=1S/C14H20FNO2/c1-9(2)10-7-6-8-11(15)12(10)16-13(17)18-14(3,4)5/h6-9H,1-5H3,(H,16,17). The average Bonchev–Trinajstić information content (AvgIpc) is 2.17. The number of benzene rings is 1. The lowest BCUT2D eigenvalue weighted by Crippen LogP contribution is -2.28. The Bertz CT molecular complexity index is 436. The number of nitrogens with one attached hydrogen (secondary N) is 1. The summed E-state index contributed by atoms with van der Waals surface area (Å²) in [5.74, 6) is -0.335. The maximum atomic E-state index is 13.7. The number of rotatable bonds is 2. The molecule has 18 heavy (non-hydrogen) atoms. The second-order valence-electron chi connectivity index (χ2n) is 5.49. The van der Waals surface area contributed by atoms with Crippen LogP contribution in [0.25, 0.3) is 0 Å². The minimum Gasteiger partial charge on any atom is -0.444 e. The monoisotopic (exact) mass is 253 g/mol. The van der Waals surface area contributed by atoms with E-state index in [0.29, 0.717) is 0 Å². The van der Waals surface area contributed by atoms with Gasteiger partial charge in [0.05, 0.1) is 5.69 Å². The van der Waals surface area contributed by atoms with Crippen LogP contribution in [-0.4, -0.2) is 11.7 Å². The summed E-state index contributed by atoms with van der Waals surface area (Å²) in [6.07, 6.45) is -0.644. The molecule has 100 valence electrons. The fraction of sp³-hybridized carbons (Fsp3) is 0.500. The number of ether oxygens (including phenoxy) is 1. The molecule has 0 aliphatic rings. The Kier molecular flexibility index (Phi) is 4.33. The van der Waals surface area contributed by atoms with Gasteiger partial charge in [-0.05, 0) is 38.3 Å². The predicted octanol–water partition coefficient (Wildman–Crippen LogP) is 4.30. The minimum atomic E-state index is -0.644. The molecule has 0 unspecified atom stereocenters. The van der Waals surface area contributed by atoms with Gasteiger partial charge in [-0.2, -0.15) is 0 Å². The highest BCUT2D eigenvalue weighted by atomic mass is 19.1. The summed E-state index contributed by atoms with van der Waals surface area (Å²) in [6.45, 7) is 9.16. The van der Waals surface area contributed by atoms with Gasteiger partial charge in [-0.3, -0.25) is 5.32 Å². The van der Waals surface area contributed by atoms with E-state index in [1.807, 2.05) is 13.8 Å². The van der Waals surface area contributed by atoms with Gasteiger partial charge in [-0.25, -0.2) is 9.18 Å². The van der Waals surface area contributed by atoms with Gasteiger partial charge in [0.2, 0.25) is 0 Å². The molecule has 0 aromatic heterocycles. The molecule has 0 aliphatic heterocycles. The quantitative estimate of drug-likeness (QED) is 0.853. The molecule has 4 heteroatoms. The van der Waals surface area contributed by atoms with E-state index in [4.69, 9.17) is 4.74 Å². The van der Waals surface area contributed by atoms with Crippen LogP contribution in [0.3, 0.4) is 0 Å². The van der Waals surface area contributed by atoms with E-state index >= 15 is 0 Å². The summed E-state index contributed by atoms with van der Waals surface area (Å²) >= 11 is 0. The van der Waals surface area contributed by atoms with Crippen LogP contribution >= 0.6 is 0 Å². The Labute approximate surface area is 107 Å². The van der Waals surface area contributed by atoms with Crippen LogP contribution in [0.1, 0.15) is 46.1 Å². The van der Waals surface area contributed by atoms with Crippen molar-refractivity contribution in [3.05, 3.63) is 29.6 Å². The van der Waals surface area contributed by atoms with Gasteiger partial charge in [-0.1, -0.05) is 26.0 Å². The molecule has 0 radical (unpaired) electrons. The van der Waals surface area contributed by atoms with E-state index < -0.39 is 17.5 Å². The van der Waals surface area contributed by atoms with Crippen molar-refractivity contribution >= 4 is 11.8 Å². The molecular formula is C14H20FNO2. The normalized spacial score (nSPS) is 11.5. The molecule has 0 heterocycles. The zero-order chi connectivity index (χ0) is 13.9. The van der Waals surface area contributed by atoms with E-state index in [1.165, 1.54) is 6.07 Å². The van der Waals surface area contributed by atoms with E-state index in [9.17, 15) is 9.18 Å². The summed E-state index contributed by atoms with van der Waals surface area (Å²) in [5.41, 5.74) is 0.343. The Hall–Kier alpha value is -1.58. The lowest BCUT2D eigenvalue weighted by atomic mass is 10.0. The van der Waals surface area contributed by atoms with Gasteiger partial charge >= 0.3 is 6.09 Å². The summed E-state index contributed by atoms with van der Waals surface area (Å²) in [4.78, 5) is 11.7. The molecule has 1 aromatic rings. The van der Waals surface area contributed by atoms with Crippen molar-refractivity contribution in [1.29, 1.82) is 0 Å². The third-order valence-corrected chi connectivity index (χ3v) is 2.29. The first kappa shape index (κ1) is 14.5. The number of halogens is 1. The smallest absolute Gasteiger partial charge is 0.412 e. The highest BCUT2D eigenvalue weighted by molar-refractivity contribution is 5.86. The second-order valence-corrected chi connectivity index (χ2v) is 5.49. The van der Waals surface area contributed by atoms with Crippen molar-refractivity contribution in [1.82, 2.24) is 0 Å². The fourth-order valence-corrected chi connectivity index (χ4v) is 1.56. The molecule has 1 N–H and O–H groups in total. The predicted molar refractivity (Wildman–Crippen MR) is 70.3 cm³/mol. The Morgan fingerprint density at radius 3 is 2.44 bits per heavy atom. The van der Waals surface area contributed by atoms with Gasteiger partial charge in [0.15, 0.2) is 0 Å². The van der Waals surface area contributed by atoms with Crippen LogP contribution in [0, 0.1) is 5.82 Å². The molecule has 3 nitrogen and oxygen atoms in total. The van der Waals surface area contributed by atoms with Crippen LogP contribution in [0.15, 0.2) is 18.2 Å². The number of hydrogen-bond donors (Lipinski definition) is 1. The first-order chi connectivity index (χ1) is 8.20. The number of amides is 1. The molecule has 0 atom stereocenters. The maximum absolute atomic E-state index is 13.7. The fourth-order valence-electron chi connectivity index (χ4n) is 1.56. The number of anilines is 1. The largest absolute Gasteiger partial charge is 0.444 e. The molecule has 0 aliphatic carbocycles. The lowest BCUT2D eigenvalue weighted by molar-refractivity contribution is 0.0635. The maximum Gasteiger partial charge on any atom is 0.412 e. The third kappa shape index (κ3) is 4.02. The van der Waals surface area contributed by atoms with Crippen molar-refractivity contribution in [3.8, 4) is 0 Å². The summed E-state index contributed by atoms with van der Waals surface area (Å²) < 4.78 is 18.8. The third-order valence-electron chi connectivity index (χ3n) is 2.29. The van der Waals surface area contributed by atoms with Gasteiger partial charge in [0.1, 0.15) is 11.4 Å². The summed E-state index contributed by atoms with van der Waals surface area (Å²) in [6, 6.07) is 4.74. The topological polar surface area (TPSA) is 38.3 Å². The van der Waals surface area contributed by atoms with Gasteiger partial charge in [-0.15, -0.1) is 0 Å². The van der Waals surface area contributed by atoms with Crippen molar-refractivity contribution in [2.24, 2.45) is 0 Å². The Morgan fingerprint density at radius 2 is 1.94 bits per heavy atom. The molecule has 0 spiro atoms. The van der Waals surface area contributed by atoms with Crippen LogP contribution < -0.4 is 5.32 Å². The lowest BCUT2D eigenvalue weighted by Gasteiger charge is -2.21. The minimum absolute atomic E-state index is 0.116. The number of carbonyl (C=O) groups excluding carboxylic acids is 1. The van der Waals surface area contributed by atoms with Gasteiger partial charge in [0.25, 0.3) is 0 Å². The van der Waals surface area contributed by atoms with Crippen molar-refractivity contribution in [2.75, 3.05) is 5.32 Å². The van der Waals surface area contributed by atoms with E-state index in [1.54, 1.807) is 32.9 Å². The first-order valence-corrected chi connectivity index (χ1v) is 5.99. The first-order valence-electron chi connectivity index (χ1n) is 5.99. The van der Waals surface area contributed by atoms with Crippen molar-refractivity contribution in [2.45, 2.75) is 46.1 Å². The molecule has 0 bridgehead atoms. The van der Waals surface area contributed by atoms with Crippen LogP contribution in [0.2, 0.25) is 0 Å². The molecule has 1 amide bonds. The highest BCUT2D eigenvalue weighted by Gasteiger charge is 2.19. The summed E-state index contributed by atoms with van der Waals surface area (Å²) in [7, 11) is 0. The molecule has 0 fully saturated rings. The van der Waals surface area contributed by atoms with Crippen LogP contribution in [0.5, 0.6) is 0 Å². The molecule has 0 saturated carbocycles. The number of para-hydroxylation sites is 1. The number of carbonyl (C=O) groups is 1. The zero-order valence-electron chi connectivity index (χ0n) is 11.5. The average molecular weight is 253 g/mol. The molecule has 0 saturated heterocycles. The summed E-state index contributed by atoms with van der Waals surface area (Å²) in [5, 5.41) is 2.48.